The van der Waals surface area contributed by atoms with Gasteiger partial charge in [-0.05, 0) is 55.3 Å². The third kappa shape index (κ3) is 3.81. The highest BCUT2D eigenvalue weighted by atomic mass is 19.1. The minimum Gasteiger partial charge on any atom is -0.313 e. The molecule has 3 unspecified atom stereocenters. The van der Waals surface area contributed by atoms with Gasteiger partial charge in [0.25, 0.3) is 0 Å². The van der Waals surface area contributed by atoms with Crippen molar-refractivity contribution in [3.63, 3.8) is 0 Å². The predicted octanol–water partition coefficient (Wildman–Crippen LogP) is 3.78. The zero-order chi connectivity index (χ0) is 13.0. The lowest BCUT2D eigenvalue weighted by Gasteiger charge is -2.33. The van der Waals surface area contributed by atoms with Crippen LogP contribution in [-0.4, -0.2) is 12.6 Å². The summed E-state index contributed by atoms with van der Waals surface area (Å²) in [6.45, 7) is 5.69. The summed E-state index contributed by atoms with van der Waals surface area (Å²) < 4.78 is 12.8. The lowest BCUT2D eigenvalue weighted by atomic mass is 9.80. The minimum atomic E-state index is -0.151. The van der Waals surface area contributed by atoms with Gasteiger partial charge in [0.2, 0.25) is 0 Å². The molecule has 1 aromatic rings. The average molecular weight is 249 g/mol. The fourth-order valence-electron chi connectivity index (χ4n) is 2.87. The molecule has 0 aromatic heterocycles. The number of benzene rings is 1. The van der Waals surface area contributed by atoms with Crippen molar-refractivity contribution in [2.24, 2.45) is 11.8 Å². The molecule has 0 aliphatic heterocycles. The van der Waals surface area contributed by atoms with Crippen LogP contribution in [0.5, 0.6) is 0 Å². The van der Waals surface area contributed by atoms with E-state index in [-0.39, 0.29) is 5.82 Å². The minimum absolute atomic E-state index is 0.151. The summed E-state index contributed by atoms with van der Waals surface area (Å²) in [5.41, 5.74) is 1.21. The molecule has 18 heavy (non-hydrogen) atoms. The van der Waals surface area contributed by atoms with Gasteiger partial charge in [0, 0.05) is 6.04 Å². The van der Waals surface area contributed by atoms with Crippen LogP contribution in [0.1, 0.15) is 38.7 Å². The number of hydrogen-bond acceptors (Lipinski definition) is 1. The van der Waals surface area contributed by atoms with Crippen LogP contribution < -0.4 is 5.32 Å². The summed E-state index contributed by atoms with van der Waals surface area (Å²) in [6.07, 6.45) is 5.00. The lowest BCUT2D eigenvalue weighted by molar-refractivity contribution is 0.230. The Labute approximate surface area is 110 Å². The fourth-order valence-corrected chi connectivity index (χ4v) is 2.87. The van der Waals surface area contributed by atoms with Gasteiger partial charge in [-0.25, -0.2) is 4.39 Å². The van der Waals surface area contributed by atoms with Gasteiger partial charge in [0.1, 0.15) is 5.82 Å². The normalized spacial score (nSPS) is 28.3. The number of hydrogen-bond donors (Lipinski definition) is 1. The molecule has 1 saturated carbocycles. The lowest BCUT2D eigenvalue weighted by Crippen LogP contribution is -2.40. The van der Waals surface area contributed by atoms with E-state index in [1.807, 2.05) is 12.1 Å². The summed E-state index contributed by atoms with van der Waals surface area (Å²) in [5, 5.41) is 3.67. The van der Waals surface area contributed by atoms with E-state index < -0.39 is 0 Å². The first-order valence-corrected chi connectivity index (χ1v) is 7.13. The van der Waals surface area contributed by atoms with Crippen LogP contribution in [0.3, 0.4) is 0 Å². The van der Waals surface area contributed by atoms with Crippen molar-refractivity contribution in [3.05, 3.63) is 35.6 Å². The standard InChI is InChI=1S/C16H24FN/c1-12-3-4-13(2)16(11-12)18-10-9-14-5-7-15(17)8-6-14/h5-8,12-13,16,18H,3-4,9-11H2,1-2H3. The first-order valence-electron chi connectivity index (χ1n) is 7.13. The van der Waals surface area contributed by atoms with Gasteiger partial charge in [0.05, 0.1) is 0 Å². The van der Waals surface area contributed by atoms with Crippen LogP contribution in [0.15, 0.2) is 24.3 Å². The predicted molar refractivity (Wildman–Crippen MR) is 74.1 cm³/mol. The first kappa shape index (κ1) is 13.5. The van der Waals surface area contributed by atoms with E-state index in [2.05, 4.69) is 19.2 Å². The molecule has 0 saturated heterocycles. The molecule has 1 aliphatic carbocycles. The summed E-state index contributed by atoms with van der Waals surface area (Å²) in [6, 6.07) is 7.50. The topological polar surface area (TPSA) is 12.0 Å². The van der Waals surface area contributed by atoms with Crippen molar-refractivity contribution in [3.8, 4) is 0 Å². The number of halogens is 1. The van der Waals surface area contributed by atoms with Gasteiger partial charge in [-0.2, -0.15) is 0 Å². The van der Waals surface area contributed by atoms with Crippen molar-refractivity contribution in [1.82, 2.24) is 5.32 Å². The highest BCUT2D eigenvalue weighted by Gasteiger charge is 2.24. The maximum atomic E-state index is 12.8. The molecule has 0 heterocycles. The molecule has 1 fully saturated rings. The van der Waals surface area contributed by atoms with Crippen LogP contribution in [0.25, 0.3) is 0 Å². The second kappa shape index (κ2) is 6.33. The van der Waals surface area contributed by atoms with Crippen molar-refractivity contribution in [1.29, 1.82) is 0 Å². The Morgan fingerprint density at radius 3 is 2.61 bits per heavy atom. The summed E-state index contributed by atoms with van der Waals surface area (Å²) in [5.74, 6) is 1.49. The van der Waals surface area contributed by atoms with Crippen molar-refractivity contribution < 1.29 is 4.39 Å². The largest absolute Gasteiger partial charge is 0.313 e. The number of nitrogens with one attached hydrogen (secondary N) is 1. The molecule has 1 nitrogen and oxygen atoms in total. The molecule has 1 aliphatic rings. The number of rotatable bonds is 4. The van der Waals surface area contributed by atoms with Crippen LogP contribution in [-0.2, 0) is 6.42 Å². The van der Waals surface area contributed by atoms with Crippen LogP contribution >= 0.6 is 0 Å². The zero-order valence-electron chi connectivity index (χ0n) is 11.5. The van der Waals surface area contributed by atoms with Crippen LogP contribution in [0, 0.1) is 17.7 Å². The van der Waals surface area contributed by atoms with Gasteiger partial charge in [-0.15, -0.1) is 0 Å². The van der Waals surface area contributed by atoms with E-state index in [1.165, 1.54) is 24.8 Å². The molecular weight excluding hydrogens is 225 g/mol. The highest BCUT2D eigenvalue weighted by Crippen LogP contribution is 2.28. The third-order valence-corrected chi connectivity index (χ3v) is 4.19. The van der Waals surface area contributed by atoms with Crippen molar-refractivity contribution in [2.45, 2.75) is 45.6 Å². The van der Waals surface area contributed by atoms with Gasteiger partial charge < -0.3 is 5.32 Å². The Kier molecular flexibility index (Phi) is 4.76. The molecule has 1 N–H and O–H groups in total. The maximum Gasteiger partial charge on any atom is 0.123 e. The SMILES string of the molecule is CC1CCC(C)C(NCCc2ccc(F)cc2)C1. The van der Waals surface area contributed by atoms with Crippen molar-refractivity contribution >= 4 is 0 Å². The Morgan fingerprint density at radius 1 is 1.17 bits per heavy atom. The second-order valence-electron chi connectivity index (χ2n) is 5.83. The molecule has 0 bridgehead atoms. The molecule has 2 heteroatoms. The first-order chi connectivity index (χ1) is 8.65. The van der Waals surface area contributed by atoms with Crippen LogP contribution in [0.2, 0.25) is 0 Å². The second-order valence-corrected chi connectivity index (χ2v) is 5.83. The summed E-state index contributed by atoms with van der Waals surface area (Å²) >= 11 is 0. The molecule has 0 amide bonds. The van der Waals surface area contributed by atoms with Gasteiger partial charge in [-0.3, -0.25) is 0 Å². The highest BCUT2D eigenvalue weighted by molar-refractivity contribution is 5.16. The van der Waals surface area contributed by atoms with E-state index in [0.29, 0.717) is 6.04 Å². The van der Waals surface area contributed by atoms with Crippen molar-refractivity contribution in [2.75, 3.05) is 6.54 Å². The van der Waals surface area contributed by atoms with E-state index in [0.717, 1.165) is 24.8 Å². The smallest absolute Gasteiger partial charge is 0.123 e. The Morgan fingerprint density at radius 2 is 1.89 bits per heavy atom. The third-order valence-electron chi connectivity index (χ3n) is 4.19. The van der Waals surface area contributed by atoms with Gasteiger partial charge >= 0.3 is 0 Å². The monoisotopic (exact) mass is 249 g/mol. The van der Waals surface area contributed by atoms with E-state index >= 15 is 0 Å². The Hall–Kier alpha value is -0.890. The van der Waals surface area contributed by atoms with Crippen LogP contribution in [0.4, 0.5) is 4.39 Å². The molecule has 100 valence electrons. The molecule has 0 spiro atoms. The van der Waals surface area contributed by atoms with E-state index in [4.69, 9.17) is 0 Å². The Balaban J connectivity index is 1.76. The molecule has 2 rings (SSSR count). The van der Waals surface area contributed by atoms with E-state index in [9.17, 15) is 4.39 Å². The van der Waals surface area contributed by atoms with Gasteiger partial charge in [0.15, 0.2) is 0 Å². The fraction of sp³-hybridized carbons (Fsp3) is 0.625. The van der Waals surface area contributed by atoms with E-state index in [1.54, 1.807) is 12.1 Å². The molecule has 3 atom stereocenters. The summed E-state index contributed by atoms with van der Waals surface area (Å²) in [7, 11) is 0. The average Bonchev–Trinajstić information content (AvgIpc) is 2.36. The molecule has 1 aromatic carbocycles. The summed E-state index contributed by atoms with van der Waals surface area (Å²) in [4.78, 5) is 0. The quantitative estimate of drug-likeness (QED) is 0.856. The maximum absolute atomic E-state index is 12.8. The van der Waals surface area contributed by atoms with Gasteiger partial charge in [-0.1, -0.05) is 32.4 Å². The molecule has 0 radical (unpaired) electrons. The Bertz CT molecular complexity index is 360. The zero-order valence-corrected chi connectivity index (χ0v) is 11.5. The molecular formula is C16H24FN.